The summed E-state index contributed by atoms with van der Waals surface area (Å²) in [6, 6.07) is 0. The molecule has 0 aromatic carbocycles. The first kappa shape index (κ1) is 14.1. The molecule has 1 aliphatic rings. The lowest BCUT2D eigenvalue weighted by Crippen LogP contribution is -2.10. The quantitative estimate of drug-likeness (QED) is 0.738. The molecule has 0 amide bonds. The minimum Gasteiger partial charge on any atom is -0.373 e. The van der Waals surface area contributed by atoms with Gasteiger partial charge in [-0.25, -0.2) is 9.97 Å². The number of nitrogens with zero attached hydrogens (tertiary/aromatic N) is 2. The summed E-state index contributed by atoms with van der Waals surface area (Å²) in [6.07, 6.45) is 4.91. The van der Waals surface area contributed by atoms with Gasteiger partial charge >= 0.3 is 0 Å². The molecule has 1 aromatic rings. The molecule has 0 atom stereocenters. The average molecular weight is 262 g/mol. The Balaban J connectivity index is 2.03. The Morgan fingerprint density at radius 3 is 2.47 bits per heavy atom. The number of hydrogen-bond donors (Lipinski definition) is 2. The molecule has 19 heavy (non-hydrogen) atoms. The van der Waals surface area contributed by atoms with Crippen molar-refractivity contribution in [2.75, 3.05) is 24.2 Å². The predicted octanol–water partition coefficient (Wildman–Crippen LogP) is 3.55. The van der Waals surface area contributed by atoms with Crippen molar-refractivity contribution in [1.29, 1.82) is 0 Å². The van der Waals surface area contributed by atoms with Gasteiger partial charge in [0.25, 0.3) is 0 Å². The Morgan fingerprint density at radius 1 is 1.21 bits per heavy atom. The van der Waals surface area contributed by atoms with E-state index in [0.29, 0.717) is 5.92 Å². The summed E-state index contributed by atoms with van der Waals surface area (Å²) >= 11 is 0. The first-order chi connectivity index (χ1) is 9.11. The van der Waals surface area contributed by atoms with Crippen LogP contribution in [0.5, 0.6) is 0 Å². The summed E-state index contributed by atoms with van der Waals surface area (Å²) in [5.41, 5.74) is 1.12. The number of aromatic nitrogens is 2. The first-order valence-electron chi connectivity index (χ1n) is 7.42. The SMILES string of the molecule is CNc1nc(C2CC2)nc(NCCCC(C)C)c1C. The zero-order chi connectivity index (χ0) is 13.8. The zero-order valence-electron chi connectivity index (χ0n) is 12.6. The second-order valence-corrected chi connectivity index (χ2v) is 5.89. The molecular weight excluding hydrogens is 236 g/mol. The van der Waals surface area contributed by atoms with Crippen LogP contribution in [0.4, 0.5) is 11.6 Å². The van der Waals surface area contributed by atoms with Crippen LogP contribution in [0.2, 0.25) is 0 Å². The molecular formula is C15H26N4. The maximum Gasteiger partial charge on any atom is 0.136 e. The summed E-state index contributed by atoms with van der Waals surface area (Å²) in [4.78, 5) is 9.31. The summed E-state index contributed by atoms with van der Waals surface area (Å²) < 4.78 is 0. The minimum atomic E-state index is 0.587. The molecule has 106 valence electrons. The zero-order valence-corrected chi connectivity index (χ0v) is 12.6. The van der Waals surface area contributed by atoms with E-state index in [1.807, 2.05) is 7.05 Å². The molecule has 1 fully saturated rings. The highest BCUT2D eigenvalue weighted by atomic mass is 15.1. The lowest BCUT2D eigenvalue weighted by molar-refractivity contribution is 0.566. The van der Waals surface area contributed by atoms with E-state index < -0.39 is 0 Å². The van der Waals surface area contributed by atoms with E-state index in [0.717, 1.165) is 35.5 Å². The van der Waals surface area contributed by atoms with Crippen LogP contribution in [-0.4, -0.2) is 23.6 Å². The largest absolute Gasteiger partial charge is 0.373 e. The molecule has 4 heteroatoms. The molecule has 0 unspecified atom stereocenters. The lowest BCUT2D eigenvalue weighted by atomic mass is 10.1. The summed E-state index contributed by atoms with van der Waals surface area (Å²) in [7, 11) is 1.93. The van der Waals surface area contributed by atoms with Gasteiger partial charge in [-0.15, -0.1) is 0 Å². The fourth-order valence-corrected chi connectivity index (χ4v) is 2.19. The van der Waals surface area contributed by atoms with E-state index in [9.17, 15) is 0 Å². The van der Waals surface area contributed by atoms with E-state index in [-0.39, 0.29) is 0 Å². The third kappa shape index (κ3) is 3.82. The second-order valence-electron chi connectivity index (χ2n) is 5.89. The number of nitrogens with one attached hydrogen (secondary N) is 2. The fraction of sp³-hybridized carbons (Fsp3) is 0.733. The van der Waals surface area contributed by atoms with Gasteiger partial charge in [0, 0.05) is 25.1 Å². The molecule has 2 N–H and O–H groups in total. The Morgan fingerprint density at radius 2 is 1.89 bits per heavy atom. The van der Waals surface area contributed by atoms with Gasteiger partial charge in [0.2, 0.25) is 0 Å². The van der Waals surface area contributed by atoms with Crippen molar-refractivity contribution in [2.24, 2.45) is 5.92 Å². The summed E-state index contributed by atoms with van der Waals surface area (Å²) in [6.45, 7) is 7.59. The van der Waals surface area contributed by atoms with E-state index in [2.05, 4.69) is 36.4 Å². The van der Waals surface area contributed by atoms with Gasteiger partial charge in [0.05, 0.1) is 0 Å². The van der Waals surface area contributed by atoms with Crippen molar-refractivity contribution >= 4 is 11.6 Å². The van der Waals surface area contributed by atoms with Crippen molar-refractivity contribution in [3.63, 3.8) is 0 Å². The number of hydrogen-bond acceptors (Lipinski definition) is 4. The monoisotopic (exact) mass is 262 g/mol. The van der Waals surface area contributed by atoms with Gasteiger partial charge in [-0.05, 0) is 38.5 Å². The molecule has 4 nitrogen and oxygen atoms in total. The minimum absolute atomic E-state index is 0.587. The van der Waals surface area contributed by atoms with Crippen LogP contribution in [0.1, 0.15) is 56.8 Å². The summed E-state index contributed by atoms with van der Waals surface area (Å²) in [5, 5.41) is 6.65. The summed E-state index contributed by atoms with van der Waals surface area (Å²) in [5.74, 6) is 4.32. The van der Waals surface area contributed by atoms with Gasteiger partial charge in [-0.3, -0.25) is 0 Å². The highest BCUT2D eigenvalue weighted by molar-refractivity contribution is 5.57. The van der Waals surface area contributed by atoms with Crippen LogP contribution in [0.15, 0.2) is 0 Å². The van der Waals surface area contributed by atoms with Crippen molar-refractivity contribution in [2.45, 2.75) is 52.4 Å². The Kier molecular flexibility index (Phi) is 4.61. The Hall–Kier alpha value is -1.32. The van der Waals surface area contributed by atoms with Crippen LogP contribution in [0.3, 0.4) is 0 Å². The molecule has 0 spiro atoms. The van der Waals surface area contributed by atoms with Crippen LogP contribution < -0.4 is 10.6 Å². The molecule has 1 heterocycles. The fourth-order valence-electron chi connectivity index (χ4n) is 2.19. The Labute approximate surface area is 116 Å². The van der Waals surface area contributed by atoms with Crippen molar-refractivity contribution in [3.8, 4) is 0 Å². The first-order valence-corrected chi connectivity index (χ1v) is 7.42. The third-order valence-electron chi connectivity index (χ3n) is 3.59. The third-order valence-corrected chi connectivity index (χ3v) is 3.59. The molecule has 0 aliphatic heterocycles. The van der Waals surface area contributed by atoms with E-state index in [4.69, 9.17) is 4.98 Å². The van der Waals surface area contributed by atoms with Gasteiger partial charge < -0.3 is 10.6 Å². The predicted molar refractivity (Wildman–Crippen MR) is 80.9 cm³/mol. The Bertz CT molecular complexity index is 424. The highest BCUT2D eigenvalue weighted by Gasteiger charge is 2.28. The topological polar surface area (TPSA) is 49.8 Å². The normalized spacial score (nSPS) is 14.8. The van der Waals surface area contributed by atoms with Crippen molar-refractivity contribution < 1.29 is 0 Å². The smallest absolute Gasteiger partial charge is 0.136 e. The number of rotatable bonds is 7. The molecule has 0 radical (unpaired) electrons. The van der Waals surface area contributed by atoms with Crippen LogP contribution in [0, 0.1) is 12.8 Å². The van der Waals surface area contributed by atoms with Gasteiger partial charge in [0.15, 0.2) is 0 Å². The van der Waals surface area contributed by atoms with Gasteiger partial charge in [0.1, 0.15) is 17.5 Å². The molecule has 1 aliphatic carbocycles. The molecule has 2 rings (SSSR count). The van der Waals surface area contributed by atoms with E-state index in [1.54, 1.807) is 0 Å². The molecule has 1 saturated carbocycles. The van der Waals surface area contributed by atoms with Gasteiger partial charge in [-0.2, -0.15) is 0 Å². The molecule has 1 aromatic heterocycles. The van der Waals surface area contributed by atoms with Crippen LogP contribution in [0.25, 0.3) is 0 Å². The van der Waals surface area contributed by atoms with Crippen LogP contribution in [-0.2, 0) is 0 Å². The molecule has 0 bridgehead atoms. The standard InChI is InChI=1S/C15H26N4/c1-10(2)6-5-9-17-14-11(3)13(16-4)18-15(19-14)12-7-8-12/h10,12H,5-9H2,1-4H3,(H2,16,17,18,19). The maximum atomic E-state index is 4.70. The lowest BCUT2D eigenvalue weighted by Gasteiger charge is -2.14. The average Bonchev–Trinajstić information content (AvgIpc) is 3.20. The van der Waals surface area contributed by atoms with Gasteiger partial charge in [-0.1, -0.05) is 13.8 Å². The van der Waals surface area contributed by atoms with Crippen LogP contribution >= 0.6 is 0 Å². The number of anilines is 2. The van der Waals surface area contributed by atoms with E-state index in [1.165, 1.54) is 25.7 Å². The van der Waals surface area contributed by atoms with Crippen molar-refractivity contribution in [1.82, 2.24) is 9.97 Å². The maximum absolute atomic E-state index is 4.70. The highest BCUT2D eigenvalue weighted by Crippen LogP contribution is 2.39. The van der Waals surface area contributed by atoms with Crippen molar-refractivity contribution in [3.05, 3.63) is 11.4 Å². The molecule has 0 saturated heterocycles. The second kappa shape index (κ2) is 6.22. The van der Waals surface area contributed by atoms with E-state index >= 15 is 0 Å².